The van der Waals surface area contributed by atoms with Gasteiger partial charge in [-0.15, -0.1) is 23.1 Å². The molecule has 0 unspecified atom stereocenters. The van der Waals surface area contributed by atoms with Crippen LogP contribution in [0.3, 0.4) is 0 Å². The Hall–Kier alpha value is -2.17. The zero-order valence-corrected chi connectivity index (χ0v) is 20.7. The first-order chi connectivity index (χ1) is 15.3. The number of hydrogen-bond acceptors (Lipinski definition) is 7. The molecule has 1 fully saturated rings. The Morgan fingerprint density at radius 1 is 1.25 bits per heavy atom. The van der Waals surface area contributed by atoms with E-state index in [0.717, 1.165) is 45.8 Å². The van der Waals surface area contributed by atoms with Crippen LogP contribution in [0.15, 0.2) is 34.1 Å². The molecule has 0 bridgehead atoms. The number of carboxylic acid groups (broad SMARTS) is 1. The van der Waals surface area contributed by atoms with Crippen molar-refractivity contribution in [3.8, 4) is 0 Å². The molecule has 0 aliphatic heterocycles. The minimum absolute atomic E-state index is 0.0995. The maximum absolute atomic E-state index is 13.6. The van der Waals surface area contributed by atoms with Crippen LogP contribution in [0.4, 0.5) is 15.6 Å². The second-order valence-electron chi connectivity index (χ2n) is 8.59. The van der Waals surface area contributed by atoms with E-state index in [1.807, 2.05) is 28.6 Å². The number of fused-ring (bicyclic) bond motifs is 1. The highest BCUT2D eigenvalue weighted by Gasteiger charge is 2.32. The maximum atomic E-state index is 13.6. The van der Waals surface area contributed by atoms with Crippen LogP contribution in [0.1, 0.15) is 39.5 Å². The van der Waals surface area contributed by atoms with Crippen LogP contribution in [-0.4, -0.2) is 45.9 Å². The molecule has 10 heteroatoms. The lowest BCUT2D eigenvalue weighted by Crippen LogP contribution is -2.46. The van der Waals surface area contributed by atoms with Crippen molar-refractivity contribution in [2.75, 3.05) is 22.6 Å². The number of aliphatic carboxylic acids is 1. The summed E-state index contributed by atoms with van der Waals surface area (Å²) in [6.45, 7) is 3.42. The molecule has 7 nitrogen and oxygen atoms in total. The molecular formula is C22H26N4O3S3. The molecule has 2 aromatic heterocycles. The van der Waals surface area contributed by atoms with E-state index in [0.29, 0.717) is 10.9 Å². The first-order valence-corrected chi connectivity index (χ1v) is 13.2. The number of amides is 2. The highest BCUT2D eigenvalue weighted by molar-refractivity contribution is 8.01. The largest absolute Gasteiger partial charge is 0.481 e. The molecule has 2 amide bonds. The average Bonchev–Trinajstić information content (AvgIpc) is 3.53. The van der Waals surface area contributed by atoms with Crippen LogP contribution < -0.4 is 9.80 Å². The minimum Gasteiger partial charge on any atom is -0.481 e. The summed E-state index contributed by atoms with van der Waals surface area (Å²) in [5.74, 6) is -0.392. The van der Waals surface area contributed by atoms with Crippen LogP contribution in [0.5, 0.6) is 0 Å². The van der Waals surface area contributed by atoms with Crippen molar-refractivity contribution in [1.29, 1.82) is 0 Å². The standard InChI is InChI=1S/C22H26N4O3S3/c1-22(2,19(27)28)12-30-18-11-23-20(32-18)25(3)21(29)26(14-6-4-5-7-14)15-8-9-16-17(10-15)31-13-24-16/h8-11,13-14H,4-7,12H2,1-3H3,(H,27,28). The fraction of sp³-hybridized carbons (Fsp3) is 0.455. The highest BCUT2D eigenvalue weighted by Crippen LogP contribution is 2.36. The smallest absolute Gasteiger partial charge is 0.330 e. The molecule has 1 N–H and O–H groups in total. The summed E-state index contributed by atoms with van der Waals surface area (Å²) < 4.78 is 1.96. The van der Waals surface area contributed by atoms with Crippen molar-refractivity contribution in [3.05, 3.63) is 29.9 Å². The summed E-state index contributed by atoms with van der Waals surface area (Å²) in [6, 6.07) is 6.06. The monoisotopic (exact) mass is 490 g/mol. The van der Waals surface area contributed by atoms with Gasteiger partial charge >= 0.3 is 12.0 Å². The lowest BCUT2D eigenvalue weighted by atomic mass is 9.97. The van der Waals surface area contributed by atoms with Crippen LogP contribution in [0.25, 0.3) is 10.2 Å². The first-order valence-electron chi connectivity index (χ1n) is 10.5. The minimum atomic E-state index is -0.828. The van der Waals surface area contributed by atoms with Gasteiger partial charge in [0.05, 0.1) is 31.5 Å². The average molecular weight is 491 g/mol. The van der Waals surface area contributed by atoms with E-state index in [9.17, 15) is 14.7 Å². The van der Waals surface area contributed by atoms with Gasteiger partial charge in [-0.2, -0.15) is 0 Å². The predicted molar refractivity (Wildman–Crippen MR) is 132 cm³/mol. The topological polar surface area (TPSA) is 86.6 Å². The van der Waals surface area contributed by atoms with Crippen molar-refractivity contribution in [2.45, 2.75) is 49.8 Å². The number of thioether (sulfide) groups is 1. The molecule has 1 aliphatic carbocycles. The van der Waals surface area contributed by atoms with Gasteiger partial charge in [-0.25, -0.2) is 14.8 Å². The van der Waals surface area contributed by atoms with Crippen LogP contribution in [0.2, 0.25) is 0 Å². The second kappa shape index (κ2) is 9.36. The number of anilines is 2. The molecule has 1 saturated carbocycles. The van der Waals surface area contributed by atoms with Crippen molar-refractivity contribution in [2.24, 2.45) is 5.41 Å². The fourth-order valence-electron chi connectivity index (χ4n) is 3.66. The quantitative estimate of drug-likeness (QED) is 0.411. The van der Waals surface area contributed by atoms with Gasteiger partial charge in [0.1, 0.15) is 0 Å². The van der Waals surface area contributed by atoms with Gasteiger partial charge in [0.25, 0.3) is 0 Å². The number of urea groups is 1. The van der Waals surface area contributed by atoms with Crippen molar-refractivity contribution >= 4 is 67.5 Å². The Morgan fingerprint density at radius 2 is 2.00 bits per heavy atom. The predicted octanol–water partition coefficient (Wildman–Crippen LogP) is 5.96. The van der Waals surface area contributed by atoms with E-state index in [4.69, 9.17) is 0 Å². The summed E-state index contributed by atoms with van der Waals surface area (Å²) >= 11 is 4.44. The molecule has 0 spiro atoms. The van der Waals surface area contributed by atoms with Crippen molar-refractivity contribution in [3.63, 3.8) is 0 Å². The summed E-state index contributed by atoms with van der Waals surface area (Å²) in [5.41, 5.74) is 2.82. The number of hydrogen-bond donors (Lipinski definition) is 1. The van der Waals surface area contributed by atoms with Gasteiger partial charge in [-0.3, -0.25) is 14.6 Å². The Morgan fingerprint density at radius 3 is 2.72 bits per heavy atom. The van der Waals surface area contributed by atoms with E-state index in [2.05, 4.69) is 9.97 Å². The molecule has 0 saturated heterocycles. The Kier molecular flexibility index (Phi) is 6.73. The molecule has 3 aromatic rings. The van der Waals surface area contributed by atoms with Gasteiger partial charge in [0.15, 0.2) is 5.13 Å². The van der Waals surface area contributed by atoms with E-state index < -0.39 is 11.4 Å². The van der Waals surface area contributed by atoms with Crippen LogP contribution >= 0.6 is 34.4 Å². The number of nitrogens with zero attached hydrogens (tertiary/aromatic N) is 4. The second-order valence-corrected chi connectivity index (χ2v) is 11.8. The Labute approximate surface area is 199 Å². The molecule has 4 rings (SSSR count). The third-order valence-corrected chi connectivity index (χ3v) is 9.21. The number of thiazole rings is 2. The van der Waals surface area contributed by atoms with E-state index in [1.54, 1.807) is 43.3 Å². The number of carboxylic acids is 1. The fourth-order valence-corrected chi connectivity index (χ4v) is 6.37. The molecule has 0 atom stereocenters. The number of benzene rings is 1. The van der Waals surface area contributed by atoms with Crippen LogP contribution in [0, 0.1) is 5.41 Å². The van der Waals surface area contributed by atoms with Crippen molar-refractivity contribution < 1.29 is 14.7 Å². The van der Waals surface area contributed by atoms with Gasteiger partial charge in [0.2, 0.25) is 0 Å². The van der Waals surface area contributed by atoms with Gasteiger partial charge in [0, 0.05) is 24.5 Å². The summed E-state index contributed by atoms with van der Waals surface area (Å²) in [5, 5.41) is 9.93. The number of rotatable bonds is 7. The summed E-state index contributed by atoms with van der Waals surface area (Å²) in [6.07, 6.45) is 5.94. The molecule has 1 aliphatic rings. The van der Waals surface area contributed by atoms with Crippen LogP contribution in [-0.2, 0) is 4.79 Å². The zero-order valence-electron chi connectivity index (χ0n) is 18.3. The van der Waals surface area contributed by atoms with E-state index >= 15 is 0 Å². The SMILES string of the molecule is CN(C(=O)N(c1ccc2ncsc2c1)C1CCCC1)c1ncc(SCC(C)(C)C(=O)O)s1. The maximum Gasteiger partial charge on any atom is 0.330 e. The molecule has 2 heterocycles. The van der Waals surface area contributed by atoms with Gasteiger partial charge < -0.3 is 5.11 Å². The van der Waals surface area contributed by atoms with Gasteiger partial charge in [-0.1, -0.05) is 24.2 Å². The van der Waals surface area contributed by atoms with E-state index in [1.165, 1.54) is 23.1 Å². The Bertz CT molecular complexity index is 1120. The normalized spacial score (nSPS) is 14.7. The number of carbonyl (C=O) groups is 2. The molecular weight excluding hydrogens is 464 g/mol. The van der Waals surface area contributed by atoms with E-state index in [-0.39, 0.29) is 12.1 Å². The van der Waals surface area contributed by atoms with Gasteiger partial charge in [-0.05, 0) is 44.9 Å². The summed E-state index contributed by atoms with van der Waals surface area (Å²) in [4.78, 5) is 37.3. The summed E-state index contributed by atoms with van der Waals surface area (Å²) in [7, 11) is 1.75. The molecule has 1 aromatic carbocycles. The molecule has 170 valence electrons. The van der Waals surface area contributed by atoms with Crippen molar-refractivity contribution in [1.82, 2.24) is 9.97 Å². The number of aromatic nitrogens is 2. The lowest BCUT2D eigenvalue weighted by Gasteiger charge is -2.32. The first kappa shape index (κ1) is 23.0. The third-order valence-electron chi connectivity index (χ3n) is 5.69. The number of carbonyl (C=O) groups excluding carboxylic acids is 1. The lowest BCUT2D eigenvalue weighted by molar-refractivity contribution is -0.145. The molecule has 32 heavy (non-hydrogen) atoms. The Balaban J connectivity index is 1.54. The zero-order chi connectivity index (χ0) is 22.9. The third kappa shape index (κ3) is 4.77. The molecule has 0 radical (unpaired) electrons. The highest BCUT2D eigenvalue weighted by atomic mass is 32.2.